The fourth-order valence-corrected chi connectivity index (χ4v) is 2.48. The second-order valence-corrected chi connectivity index (χ2v) is 5.40. The number of carbonyl (C=O) groups excluding carboxylic acids is 1. The number of hydrogen-bond acceptors (Lipinski definition) is 3. The molecule has 3 rings (SSSR count). The maximum absolute atomic E-state index is 12.3. The van der Waals surface area contributed by atoms with Gasteiger partial charge in [0.15, 0.2) is 5.82 Å². The zero-order valence-electron chi connectivity index (χ0n) is 12.6. The molecule has 0 fully saturated rings. The summed E-state index contributed by atoms with van der Waals surface area (Å²) in [6.07, 6.45) is 3.29. The van der Waals surface area contributed by atoms with Crippen LogP contribution in [0.2, 0.25) is 5.02 Å². The van der Waals surface area contributed by atoms with Crippen LogP contribution in [0.5, 0.6) is 0 Å². The molecule has 118 valence electrons. The Labute approximate surface area is 138 Å². The van der Waals surface area contributed by atoms with Crippen LogP contribution in [0.1, 0.15) is 23.0 Å². The number of halogens is 1. The standard InChI is InChI=1S/C16H16ClN5O/c1-2-22-14(8-9-18-22)16(23)19-15-13(17)11-21(20-15)10-12-6-4-3-5-7-12/h3-9,11H,2,10H2,1H3,(H,19,20,23). The summed E-state index contributed by atoms with van der Waals surface area (Å²) in [7, 11) is 0. The second-order valence-electron chi connectivity index (χ2n) is 5.00. The van der Waals surface area contributed by atoms with Crippen LogP contribution in [0, 0.1) is 0 Å². The molecular weight excluding hydrogens is 314 g/mol. The molecule has 1 amide bonds. The van der Waals surface area contributed by atoms with Gasteiger partial charge in [-0.15, -0.1) is 0 Å². The van der Waals surface area contributed by atoms with Gasteiger partial charge in [-0.25, -0.2) is 0 Å². The third-order valence-corrected chi connectivity index (χ3v) is 3.66. The van der Waals surface area contributed by atoms with Gasteiger partial charge in [-0.2, -0.15) is 10.2 Å². The van der Waals surface area contributed by atoms with E-state index in [0.717, 1.165) is 5.56 Å². The normalized spacial score (nSPS) is 10.7. The van der Waals surface area contributed by atoms with Gasteiger partial charge >= 0.3 is 0 Å². The number of hydrogen-bond donors (Lipinski definition) is 1. The SMILES string of the molecule is CCn1nccc1C(=O)Nc1nn(Cc2ccccc2)cc1Cl. The Morgan fingerprint density at radius 3 is 2.78 bits per heavy atom. The quantitative estimate of drug-likeness (QED) is 0.782. The van der Waals surface area contributed by atoms with Crippen molar-refractivity contribution in [1.29, 1.82) is 0 Å². The first-order valence-corrected chi connectivity index (χ1v) is 7.65. The lowest BCUT2D eigenvalue weighted by Crippen LogP contribution is -2.18. The fraction of sp³-hybridized carbons (Fsp3) is 0.188. The number of nitrogens with one attached hydrogen (secondary N) is 1. The number of aryl methyl sites for hydroxylation is 1. The largest absolute Gasteiger partial charge is 0.302 e. The number of rotatable bonds is 5. The lowest BCUT2D eigenvalue weighted by molar-refractivity contribution is 0.101. The Hall–Kier alpha value is -2.60. The Balaban J connectivity index is 1.75. The van der Waals surface area contributed by atoms with Crippen molar-refractivity contribution in [3.8, 4) is 0 Å². The fourth-order valence-electron chi connectivity index (χ4n) is 2.28. The van der Waals surface area contributed by atoms with Crippen molar-refractivity contribution < 1.29 is 4.79 Å². The van der Waals surface area contributed by atoms with E-state index >= 15 is 0 Å². The molecule has 2 heterocycles. The summed E-state index contributed by atoms with van der Waals surface area (Å²) in [5.74, 6) is 0.0626. The van der Waals surface area contributed by atoms with Crippen LogP contribution in [0.25, 0.3) is 0 Å². The lowest BCUT2D eigenvalue weighted by atomic mass is 10.2. The van der Waals surface area contributed by atoms with E-state index in [1.165, 1.54) is 0 Å². The highest BCUT2D eigenvalue weighted by Gasteiger charge is 2.15. The van der Waals surface area contributed by atoms with Crippen molar-refractivity contribution in [3.63, 3.8) is 0 Å². The van der Waals surface area contributed by atoms with E-state index in [9.17, 15) is 4.79 Å². The zero-order chi connectivity index (χ0) is 16.2. The molecule has 1 N–H and O–H groups in total. The van der Waals surface area contributed by atoms with E-state index in [0.29, 0.717) is 29.6 Å². The average molecular weight is 330 g/mol. The maximum Gasteiger partial charge on any atom is 0.275 e. The summed E-state index contributed by atoms with van der Waals surface area (Å²) in [6, 6.07) is 11.6. The molecule has 0 aliphatic heterocycles. The third kappa shape index (κ3) is 3.43. The number of nitrogens with zero attached hydrogens (tertiary/aromatic N) is 4. The minimum absolute atomic E-state index is 0.281. The van der Waals surface area contributed by atoms with Crippen molar-refractivity contribution in [1.82, 2.24) is 19.6 Å². The van der Waals surface area contributed by atoms with E-state index in [1.807, 2.05) is 37.3 Å². The van der Waals surface area contributed by atoms with E-state index in [1.54, 1.807) is 27.8 Å². The highest BCUT2D eigenvalue weighted by atomic mass is 35.5. The minimum Gasteiger partial charge on any atom is -0.302 e. The molecule has 0 spiro atoms. The van der Waals surface area contributed by atoms with Crippen LogP contribution >= 0.6 is 11.6 Å². The highest BCUT2D eigenvalue weighted by Crippen LogP contribution is 2.20. The number of amides is 1. The first kappa shape index (κ1) is 15.3. The summed E-state index contributed by atoms with van der Waals surface area (Å²) in [5, 5.41) is 11.5. The highest BCUT2D eigenvalue weighted by molar-refractivity contribution is 6.33. The van der Waals surface area contributed by atoms with Gasteiger partial charge in [-0.3, -0.25) is 14.2 Å². The van der Waals surface area contributed by atoms with E-state index in [-0.39, 0.29) is 5.91 Å². The van der Waals surface area contributed by atoms with E-state index in [2.05, 4.69) is 15.5 Å². The molecule has 1 aromatic carbocycles. The molecular formula is C16H16ClN5O. The predicted molar refractivity (Wildman–Crippen MR) is 88.6 cm³/mol. The number of carbonyl (C=O) groups is 1. The van der Waals surface area contributed by atoms with Crippen molar-refractivity contribution in [2.75, 3.05) is 5.32 Å². The molecule has 3 aromatic rings. The number of benzene rings is 1. The van der Waals surface area contributed by atoms with Crippen LogP contribution in [0.15, 0.2) is 48.8 Å². The van der Waals surface area contributed by atoms with Gasteiger partial charge in [0.25, 0.3) is 5.91 Å². The third-order valence-electron chi connectivity index (χ3n) is 3.39. The first-order chi connectivity index (χ1) is 11.2. The Morgan fingerprint density at radius 2 is 2.04 bits per heavy atom. The summed E-state index contributed by atoms with van der Waals surface area (Å²) < 4.78 is 3.31. The molecule has 0 saturated heterocycles. The molecule has 23 heavy (non-hydrogen) atoms. The predicted octanol–water partition coefficient (Wildman–Crippen LogP) is 3.05. The molecule has 0 unspecified atom stereocenters. The summed E-state index contributed by atoms with van der Waals surface area (Å²) in [6.45, 7) is 3.13. The first-order valence-electron chi connectivity index (χ1n) is 7.27. The van der Waals surface area contributed by atoms with Crippen LogP contribution in [-0.2, 0) is 13.1 Å². The second kappa shape index (κ2) is 6.66. The topological polar surface area (TPSA) is 64.7 Å². The minimum atomic E-state index is -0.281. The van der Waals surface area contributed by atoms with Gasteiger partial charge in [0.2, 0.25) is 0 Å². The van der Waals surface area contributed by atoms with Gasteiger partial charge in [-0.1, -0.05) is 41.9 Å². The van der Waals surface area contributed by atoms with E-state index < -0.39 is 0 Å². The average Bonchev–Trinajstić information content (AvgIpc) is 3.15. The monoisotopic (exact) mass is 329 g/mol. The summed E-state index contributed by atoms with van der Waals surface area (Å²) in [5.41, 5.74) is 1.58. The van der Waals surface area contributed by atoms with Crippen LogP contribution < -0.4 is 5.32 Å². The van der Waals surface area contributed by atoms with Crippen molar-refractivity contribution >= 4 is 23.3 Å². The summed E-state index contributed by atoms with van der Waals surface area (Å²) >= 11 is 6.17. The molecule has 0 aliphatic rings. The molecule has 7 heteroatoms. The van der Waals surface area contributed by atoms with Gasteiger partial charge in [0, 0.05) is 18.9 Å². The molecule has 0 atom stereocenters. The van der Waals surface area contributed by atoms with E-state index in [4.69, 9.17) is 11.6 Å². The molecule has 2 aromatic heterocycles. The van der Waals surface area contributed by atoms with Crippen LogP contribution in [0.4, 0.5) is 5.82 Å². The molecule has 0 radical (unpaired) electrons. The maximum atomic E-state index is 12.3. The smallest absolute Gasteiger partial charge is 0.275 e. The Morgan fingerprint density at radius 1 is 1.26 bits per heavy atom. The lowest BCUT2D eigenvalue weighted by Gasteiger charge is -2.05. The van der Waals surface area contributed by atoms with Crippen molar-refractivity contribution in [2.24, 2.45) is 0 Å². The van der Waals surface area contributed by atoms with Gasteiger partial charge in [0.05, 0.1) is 6.54 Å². The molecule has 0 saturated carbocycles. The number of aromatic nitrogens is 4. The van der Waals surface area contributed by atoms with Gasteiger partial charge in [-0.05, 0) is 18.6 Å². The van der Waals surface area contributed by atoms with Crippen LogP contribution in [0.3, 0.4) is 0 Å². The zero-order valence-corrected chi connectivity index (χ0v) is 13.4. The van der Waals surface area contributed by atoms with Crippen molar-refractivity contribution in [3.05, 3.63) is 65.1 Å². The van der Waals surface area contributed by atoms with Gasteiger partial charge in [0.1, 0.15) is 10.7 Å². The van der Waals surface area contributed by atoms with Crippen molar-refractivity contribution in [2.45, 2.75) is 20.0 Å². The Kier molecular flexibility index (Phi) is 4.43. The number of anilines is 1. The molecule has 6 nitrogen and oxygen atoms in total. The molecule has 0 aliphatic carbocycles. The van der Waals surface area contributed by atoms with Gasteiger partial charge < -0.3 is 5.32 Å². The van der Waals surface area contributed by atoms with Crippen LogP contribution in [-0.4, -0.2) is 25.5 Å². The summed E-state index contributed by atoms with van der Waals surface area (Å²) in [4.78, 5) is 12.3. The molecule has 0 bridgehead atoms. The Bertz CT molecular complexity index is 809.